The van der Waals surface area contributed by atoms with Gasteiger partial charge in [-0.15, -0.1) is 0 Å². The van der Waals surface area contributed by atoms with Crippen LogP contribution in [0.5, 0.6) is 0 Å². The van der Waals surface area contributed by atoms with Crippen molar-refractivity contribution >= 4 is 0 Å². The average molecular weight is 130 g/mol. The van der Waals surface area contributed by atoms with Crippen molar-refractivity contribution in [3.8, 4) is 6.07 Å². The minimum absolute atomic E-state index is 0.981. The van der Waals surface area contributed by atoms with Crippen LogP contribution in [0.15, 0.2) is 11.6 Å². The summed E-state index contributed by atoms with van der Waals surface area (Å²) >= 11 is 0. The summed E-state index contributed by atoms with van der Waals surface area (Å²) in [6.07, 6.45) is 0. The molecule has 0 bridgehead atoms. The summed E-state index contributed by atoms with van der Waals surface area (Å²) in [5, 5.41) is 33.3. The van der Waals surface area contributed by atoms with Crippen molar-refractivity contribution in [2.45, 2.75) is 0 Å². The Morgan fingerprint density at radius 3 is 2.11 bits per heavy atom. The molecule has 0 saturated carbocycles. The molecule has 0 unspecified atom stereocenters. The van der Waals surface area contributed by atoms with Crippen LogP contribution >= 0.6 is 0 Å². The summed E-state index contributed by atoms with van der Waals surface area (Å²) in [6.45, 7) is 0. The second-order valence-corrected chi connectivity index (χ2v) is 1.04. The summed E-state index contributed by atoms with van der Waals surface area (Å²) in [7, 11) is 0. The molecule has 6 heteroatoms. The Kier molecular flexibility index (Phi) is 2.02. The van der Waals surface area contributed by atoms with Crippen molar-refractivity contribution in [3.05, 3.63) is 21.8 Å². The first-order valence-electron chi connectivity index (χ1n) is 1.76. The van der Waals surface area contributed by atoms with Crippen molar-refractivity contribution in [1.29, 1.82) is 5.26 Å². The molecule has 0 aliphatic heterocycles. The first-order valence-corrected chi connectivity index (χ1v) is 1.76. The molecule has 0 heterocycles. The molecule has 48 valence electrons. The topological polar surface area (TPSA) is 107 Å². The van der Waals surface area contributed by atoms with E-state index in [-0.39, 0.29) is 0 Å². The zero-order chi connectivity index (χ0) is 7.44. The van der Waals surface area contributed by atoms with E-state index in [0.29, 0.717) is 0 Å². The van der Waals surface area contributed by atoms with Gasteiger partial charge < -0.3 is 10.2 Å². The number of aliphatic hydroxyl groups excluding tert-OH is 1. The molecule has 9 heavy (non-hydrogen) atoms. The summed E-state index contributed by atoms with van der Waals surface area (Å²) in [4.78, 5) is 8.39. The van der Waals surface area contributed by atoms with Crippen LogP contribution in [0.25, 0.3) is 0 Å². The van der Waals surface area contributed by atoms with E-state index < -0.39 is 16.6 Å². The quantitative estimate of drug-likeness (QED) is 0.226. The zero-order valence-corrected chi connectivity index (χ0v) is 4.11. The van der Waals surface area contributed by atoms with Crippen LogP contribution in [0.4, 0.5) is 0 Å². The van der Waals surface area contributed by atoms with Crippen LogP contribution in [0.1, 0.15) is 0 Å². The van der Waals surface area contributed by atoms with E-state index in [0.717, 1.165) is 6.07 Å². The number of nitriles is 1. The fourth-order valence-corrected chi connectivity index (χ4v) is 0.172. The van der Waals surface area contributed by atoms with Gasteiger partial charge in [0.1, 0.15) is 0 Å². The predicted molar refractivity (Wildman–Crippen MR) is 24.9 cm³/mol. The van der Waals surface area contributed by atoms with Crippen molar-refractivity contribution in [2.24, 2.45) is 0 Å². The lowest BCUT2D eigenvalue weighted by atomic mass is 10.5. The van der Waals surface area contributed by atoms with Gasteiger partial charge in [-0.1, -0.05) is 0 Å². The summed E-state index contributed by atoms with van der Waals surface area (Å²) < 4.78 is 0. The monoisotopic (exact) mass is 130 g/mol. The molecule has 0 fully saturated rings. The van der Waals surface area contributed by atoms with Gasteiger partial charge in [-0.2, -0.15) is 5.26 Å². The highest BCUT2D eigenvalue weighted by Crippen LogP contribution is 1.95. The number of rotatable bonds is 1. The minimum Gasteiger partial charge on any atom is -0.476 e. The van der Waals surface area contributed by atoms with Crippen LogP contribution in [0.2, 0.25) is 0 Å². The van der Waals surface area contributed by atoms with Gasteiger partial charge in [-0.3, -0.25) is 10.1 Å². The van der Waals surface area contributed by atoms with Crippen molar-refractivity contribution < 1.29 is 15.1 Å². The Bertz CT molecular complexity index is 196. The van der Waals surface area contributed by atoms with Crippen LogP contribution in [-0.2, 0) is 0 Å². The molecule has 0 aromatic heterocycles. The Balaban J connectivity index is 4.62. The first-order chi connectivity index (χ1) is 4.09. The molecule has 0 aliphatic carbocycles. The molecule has 0 aromatic carbocycles. The molecule has 0 atom stereocenters. The third-order valence-corrected chi connectivity index (χ3v) is 0.500. The third kappa shape index (κ3) is 1.65. The second kappa shape index (κ2) is 2.52. The normalized spacial score (nSPS) is 7.44. The van der Waals surface area contributed by atoms with Gasteiger partial charge in [0.05, 0.1) is 4.92 Å². The zero-order valence-electron chi connectivity index (χ0n) is 4.11. The fraction of sp³-hybridized carbons (Fsp3) is 0. The minimum atomic E-state index is -1.57. The number of nitro groups is 1. The van der Waals surface area contributed by atoms with Crippen molar-refractivity contribution in [1.82, 2.24) is 0 Å². The lowest BCUT2D eigenvalue weighted by molar-refractivity contribution is -0.422. The van der Waals surface area contributed by atoms with Gasteiger partial charge in [-0.05, 0) is 0 Å². The van der Waals surface area contributed by atoms with Gasteiger partial charge in [0.25, 0.3) is 0 Å². The third-order valence-electron chi connectivity index (χ3n) is 0.500. The Labute approximate surface area is 49.4 Å². The Morgan fingerprint density at radius 1 is 1.67 bits per heavy atom. The molecule has 6 nitrogen and oxygen atoms in total. The highest BCUT2D eigenvalue weighted by atomic mass is 16.6. The van der Waals surface area contributed by atoms with Crippen LogP contribution < -0.4 is 0 Å². The number of aliphatic hydroxyl groups is 2. The van der Waals surface area contributed by atoms with Crippen LogP contribution in [0, 0.1) is 21.4 Å². The maximum Gasteiger partial charge on any atom is 0.424 e. The molecule has 0 aromatic rings. The molecule has 0 spiro atoms. The molecule has 2 N–H and O–H groups in total. The first kappa shape index (κ1) is 7.23. The summed E-state index contributed by atoms with van der Waals surface area (Å²) in [5.41, 5.74) is -1.25. The van der Waals surface area contributed by atoms with Gasteiger partial charge in [0.15, 0.2) is 6.07 Å². The van der Waals surface area contributed by atoms with Gasteiger partial charge in [0, 0.05) is 0 Å². The van der Waals surface area contributed by atoms with E-state index in [1.807, 2.05) is 0 Å². The van der Waals surface area contributed by atoms with Crippen molar-refractivity contribution in [2.75, 3.05) is 0 Å². The molecule has 0 amide bonds. The van der Waals surface area contributed by atoms with Crippen LogP contribution in [-0.4, -0.2) is 15.1 Å². The second-order valence-electron chi connectivity index (χ2n) is 1.04. The highest BCUT2D eigenvalue weighted by Gasteiger charge is 2.16. The SMILES string of the molecule is N#CC(=C(O)O)[N+](=O)[O-]. The number of hydrogen-bond acceptors (Lipinski definition) is 5. The number of allylic oxidation sites excluding steroid dienone is 1. The van der Waals surface area contributed by atoms with Gasteiger partial charge in [-0.25, -0.2) is 0 Å². The van der Waals surface area contributed by atoms with Crippen molar-refractivity contribution in [3.63, 3.8) is 0 Å². The molecule has 0 saturated heterocycles. The smallest absolute Gasteiger partial charge is 0.424 e. The largest absolute Gasteiger partial charge is 0.476 e. The molecular formula is C3H2N2O4. The number of nitrogens with zero attached hydrogens (tertiary/aromatic N) is 2. The molecule has 0 radical (unpaired) electrons. The Hall–Kier alpha value is -1.77. The van der Waals surface area contributed by atoms with Crippen LogP contribution in [0.3, 0.4) is 0 Å². The van der Waals surface area contributed by atoms with E-state index in [1.165, 1.54) is 0 Å². The lowest BCUT2D eigenvalue weighted by Gasteiger charge is -1.84. The number of hydrogen-bond donors (Lipinski definition) is 2. The van der Waals surface area contributed by atoms with E-state index in [9.17, 15) is 10.1 Å². The average Bonchev–Trinajstić information content (AvgIpc) is 1.64. The summed E-state index contributed by atoms with van der Waals surface area (Å²) in [6, 6.07) is 0.981. The molecular weight excluding hydrogens is 128 g/mol. The maximum absolute atomic E-state index is 9.58. The van der Waals surface area contributed by atoms with Gasteiger partial charge in [0.2, 0.25) is 0 Å². The van der Waals surface area contributed by atoms with Gasteiger partial charge >= 0.3 is 11.6 Å². The maximum atomic E-state index is 9.58. The van der Waals surface area contributed by atoms with E-state index in [4.69, 9.17) is 15.5 Å². The fourth-order valence-electron chi connectivity index (χ4n) is 0.172. The van der Waals surface area contributed by atoms with E-state index >= 15 is 0 Å². The lowest BCUT2D eigenvalue weighted by Crippen LogP contribution is -1.99. The van der Waals surface area contributed by atoms with E-state index in [2.05, 4.69) is 0 Å². The molecule has 0 rings (SSSR count). The highest BCUT2D eigenvalue weighted by molar-refractivity contribution is 5.11. The standard InChI is InChI=1S/C3H2N2O4/c4-1-2(3(6)7)5(8)9/h6-7H. The van der Waals surface area contributed by atoms with E-state index in [1.54, 1.807) is 0 Å². The predicted octanol–water partition coefficient (Wildman–Crippen LogP) is 0.0718. The summed E-state index contributed by atoms with van der Waals surface area (Å²) in [5.74, 6) is -1.57. The Morgan fingerprint density at radius 2 is 2.11 bits per heavy atom. The molecule has 0 aliphatic rings.